The van der Waals surface area contributed by atoms with Crippen LogP contribution in [0.3, 0.4) is 0 Å². The number of aromatic amines is 1. The highest BCUT2D eigenvalue weighted by Gasteiger charge is 2.02. The molecular weight excluding hydrogens is 188 g/mol. The van der Waals surface area contributed by atoms with Crippen molar-refractivity contribution in [2.75, 3.05) is 11.1 Å². The number of rotatable bonds is 3. The first-order valence-electron chi connectivity index (χ1n) is 4.84. The number of hydrogen-bond donors (Lipinski definition) is 3. The number of aromatic nitrogens is 2. The van der Waals surface area contributed by atoms with E-state index in [1.54, 1.807) is 6.20 Å². The molecule has 0 bridgehead atoms. The summed E-state index contributed by atoms with van der Waals surface area (Å²) in [7, 11) is 0. The van der Waals surface area contributed by atoms with Crippen LogP contribution in [0, 0.1) is 6.92 Å². The zero-order chi connectivity index (χ0) is 10.7. The molecule has 15 heavy (non-hydrogen) atoms. The Morgan fingerprint density at radius 3 is 2.93 bits per heavy atom. The lowest BCUT2D eigenvalue weighted by atomic mass is 10.1. The third-order valence-electron chi connectivity index (χ3n) is 2.32. The Balaban J connectivity index is 2.11. The van der Waals surface area contributed by atoms with Crippen molar-refractivity contribution in [2.24, 2.45) is 0 Å². The SMILES string of the molecule is Cc1cccc(N)c1NCc1ccn[nH]1. The number of nitrogens with zero attached hydrogens (tertiary/aromatic N) is 1. The molecule has 0 saturated carbocycles. The fourth-order valence-corrected chi connectivity index (χ4v) is 1.50. The van der Waals surface area contributed by atoms with E-state index in [4.69, 9.17) is 5.73 Å². The Hall–Kier alpha value is -1.97. The molecule has 0 saturated heterocycles. The van der Waals surface area contributed by atoms with Gasteiger partial charge in [-0.3, -0.25) is 5.10 Å². The molecule has 4 heteroatoms. The number of nitrogen functional groups attached to an aromatic ring is 1. The van der Waals surface area contributed by atoms with Crippen molar-refractivity contribution in [1.82, 2.24) is 10.2 Å². The van der Waals surface area contributed by atoms with Crippen molar-refractivity contribution >= 4 is 11.4 Å². The summed E-state index contributed by atoms with van der Waals surface area (Å²) < 4.78 is 0. The topological polar surface area (TPSA) is 66.7 Å². The first-order valence-corrected chi connectivity index (χ1v) is 4.84. The van der Waals surface area contributed by atoms with Gasteiger partial charge in [0.2, 0.25) is 0 Å². The average Bonchev–Trinajstić information content (AvgIpc) is 2.70. The minimum atomic E-state index is 0.703. The van der Waals surface area contributed by atoms with Gasteiger partial charge in [0, 0.05) is 6.20 Å². The fourth-order valence-electron chi connectivity index (χ4n) is 1.50. The fraction of sp³-hybridized carbons (Fsp3) is 0.182. The minimum Gasteiger partial charge on any atom is -0.397 e. The van der Waals surface area contributed by atoms with Gasteiger partial charge in [0.25, 0.3) is 0 Å². The highest BCUT2D eigenvalue weighted by atomic mass is 15.1. The Morgan fingerprint density at radius 2 is 2.27 bits per heavy atom. The van der Waals surface area contributed by atoms with E-state index in [0.29, 0.717) is 6.54 Å². The van der Waals surface area contributed by atoms with Crippen LogP contribution in [0.5, 0.6) is 0 Å². The van der Waals surface area contributed by atoms with Gasteiger partial charge >= 0.3 is 0 Å². The van der Waals surface area contributed by atoms with E-state index < -0.39 is 0 Å². The first kappa shape index (κ1) is 9.58. The monoisotopic (exact) mass is 202 g/mol. The summed E-state index contributed by atoms with van der Waals surface area (Å²) in [4.78, 5) is 0. The van der Waals surface area contributed by atoms with Crippen LogP contribution in [0.1, 0.15) is 11.3 Å². The van der Waals surface area contributed by atoms with Crippen molar-refractivity contribution in [2.45, 2.75) is 13.5 Å². The molecule has 2 aromatic rings. The predicted octanol–water partition coefficient (Wildman–Crippen LogP) is 1.91. The zero-order valence-corrected chi connectivity index (χ0v) is 8.62. The number of anilines is 2. The maximum Gasteiger partial charge on any atom is 0.0606 e. The molecule has 0 aliphatic carbocycles. The second kappa shape index (κ2) is 4.04. The molecule has 0 unspecified atom stereocenters. The zero-order valence-electron chi connectivity index (χ0n) is 8.62. The molecule has 0 spiro atoms. The van der Waals surface area contributed by atoms with Crippen molar-refractivity contribution in [3.05, 3.63) is 41.7 Å². The minimum absolute atomic E-state index is 0.703. The van der Waals surface area contributed by atoms with Crippen LogP contribution in [0.4, 0.5) is 11.4 Å². The smallest absolute Gasteiger partial charge is 0.0606 e. The third kappa shape index (κ3) is 2.10. The standard InChI is InChI=1S/C11H14N4/c1-8-3-2-4-10(12)11(8)13-7-9-5-6-14-15-9/h2-6,13H,7,12H2,1H3,(H,14,15). The van der Waals surface area contributed by atoms with E-state index in [0.717, 1.165) is 22.6 Å². The second-order valence-corrected chi connectivity index (χ2v) is 3.47. The van der Waals surface area contributed by atoms with Crippen LogP contribution >= 0.6 is 0 Å². The number of H-pyrrole nitrogens is 1. The highest BCUT2D eigenvalue weighted by molar-refractivity contribution is 5.69. The number of hydrogen-bond acceptors (Lipinski definition) is 3. The number of para-hydroxylation sites is 1. The quantitative estimate of drug-likeness (QED) is 0.666. The largest absolute Gasteiger partial charge is 0.397 e. The second-order valence-electron chi connectivity index (χ2n) is 3.47. The molecular formula is C11H14N4. The Bertz CT molecular complexity index is 414. The molecule has 0 aliphatic heterocycles. The van der Waals surface area contributed by atoms with Crippen molar-refractivity contribution in [3.8, 4) is 0 Å². The lowest BCUT2D eigenvalue weighted by molar-refractivity contribution is 0.980. The molecule has 1 aromatic heterocycles. The molecule has 4 nitrogen and oxygen atoms in total. The molecule has 1 aromatic carbocycles. The molecule has 0 aliphatic rings. The van der Waals surface area contributed by atoms with Crippen LogP contribution < -0.4 is 11.1 Å². The van der Waals surface area contributed by atoms with E-state index >= 15 is 0 Å². The first-order chi connectivity index (χ1) is 7.27. The van der Waals surface area contributed by atoms with Gasteiger partial charge in [0.15, 0.2) is 0 Å². The van der Waals surface area contributed by atoms with Crippen LogP contribution in [0.25, 0.3) is 0 Å². The normalized spacial score (nSPS) is 10.2. The molecule has 0 radical (unpaired) electrons. The van der Waals surface area contributed by atoms with Crippen LogP contribution in [-0.2, 0) is 6.54 Å². The molecule has 4 N–H and O–H groups in total. The molecule has 0 amide bonds. The molecule has 0 atom stereocenters. The van der Waals surface area contributed by atoms with Gasteiger partial charge in [-0.15, -0.1) is 0 Å². The molecule has 78 valence electrons. The molecule has 0 fully saturated rings. The van der Waals surface area contributed by atoms with Gasteiger partial charge in [0.05, 0.1) is 23.6 Å². The summed E-state index contributed by atoms with van der Waals surface area (Å²) in [5.41, 5.74) is 9.83. The van der Waals surface area contributed by atoms with Crippen LogP contribution in [0.2, 0.25) is 0 Å². The van der Waals surface area contributed by atoms with Gasteiger partial charge in [-0.05, 0) is 24.6 Å². The van der Waals surface area contributed by atoms with E-state index in [-0.39, 0.29) is 0 Å². The summed E-state index contributed by atoms with van der Waals surface area (Å²) in [6.45, 7) is 2.74. The molecule has 1 heterocycles. The van der Waals surface area contributed by atoms with Gasteiger partial charge < -0.3 is 11.1 Å². The van der Waals surface area contributed by atoms with Gasteiger partial charge in [-0.25, -0.2) is 0 Å². The van der Waals surface area contributed by atoms with Crippen LogP contribution in [-0.4, -0.2) is 10.2 Å². The Labute approximate surface area is 88.5 Å². The van der Waals surface area contributed by atoms with E-state index in [2.05, 4.69) is 15.5 Å². The van der Waals surface area contributed by atoms with E-state index in [1.165, 1.54) is 0 Å². The highest BCUT2D eigenvalue weighted by Crippen LogP contribution is 2.22. The summed E-state index contributed by atoms with van der Waals surface area (Å²) in [6, 6.07) is 7.81. The van der Waals surface area contributed by atoms with Gasteiger partial charge in [-0.2, -0.15) is 5.10 Å². The predicted molar refractivity (Wildman–Crippen MR) is 61.5 cm³/mol. The summed E-state index contributed by atoms with van der Waals surface area (Å²) >= 11 is 0. The maximum atomic E-state index is 5.87. The van der Waals surface area contributed by atoms with Gasteiger partial charge in [-0.1, -0.05) is 12.1 Å². The molecule has 2 rings (SSSR count). The number of benzene rings is 1. The summed E-state index contributed by atoms with van der Waals surface area (Å²) in [6.07, 6.45) is 1.73. The number of nitrogens with two attached hydrogens (primary N) is 1. The lowest BCUT2D eigenvalue weighted by Crippen LogP contribution is -2.04. The number of nitrogens with one attached hydrogen (secondary N) is 2. The van der Waals surface area contributed by atoms with Gasteiger partial charge in [0.1, 0.15) is 0 Å². The summed E-state index contributed by atoms with van der Waals surface area (Å²) in [5, 5.41) is 10.1. The van der Waals surface area contributed by atoms with Crippen LogP contribution in [0.15, 0.2) is 30.5 Å². The Kier molecular flexibility index (Phi) is 2.58. The van der Waals surface area contributed by atoms with Crippen molar-refractivity contribution in [1.29, 1.82) is 0 Å². The summed E-state index contributed by atoms with van der Waals surface area (Å²) in [5.74, 6) is 0. The van der Waals surface area contributed by atoms with Crippen molar-refractivity contribution in [3.63, 3.8) is 0 Å². The van der Waals surface area contributed by atoms with E-state index in [9.17, 15) is 0 Å². The maximum absolute atomic E-state index is 5.87. The lowest BCUT2D eigenvalue weighted by Gasteiger charge is -2.10. The van der Waals surface area contributed by atoms with E-state index in [1.807, 2.05) is 31.2 Å². The third-order valence-corrected chi connectivity index (χ3v) is 2.32. The van der Waals surface area contributed by atoms with Crippen molar-refractivity contribution < 1.29 is 0 Å². The average molecular weight is 202 g/mol. The Morgan fingerprint density at radius 1 is 1.40 bits per heavy atom. The number of aryl methyl sites for hydroxylation is 1.